The Morgan fingerprint density at radius 1 is 0.864 bits per heavy atom. The molecule has 1 saturated carbocycles. The number of esters is 1. The van der Waals surface area contributed by atoms with Crippen LogP contribution < -0.4 is 0 Å². The van der Waals surface area contributed by atoms with E-state index in [1.54, 1.807) is 62.3 Å². The van der Waals surface area contributed by atoms with Crippen molar-refractivity contribution in [3.05, 3.63) is 0 Å². The predicted octanol–water partition coefficient (Wildman–Crippen LogP) is 3.25. The lowest BCUT2D eigenvalue weighted by Gasteiger charge is -2.50. The van der Waals surface area contributed by atoms with Gasteiger partial charge in [-0.3, -0.25) is 14.2 Å². The number of Topliss-reactive ketones (excluding diaryl/α,β-unsaturated/α-hetero) is 1. The van der Waals surface area contributed by atoms with Gasteiger partial charge in [-0.05, 0) is 75.4 Å². The summed E-state index contributed by atoms with van der Waals surface area (Å²) in [7, 11) is 1.27. The molecular weight excluding hydrogens is 793 g/mol. The summed E-state index contributed by atoms with van der Waals surface area (Å²) in [6.45, 7) is 18.6. The number of carbonyl (C=O) groups is 2. The number of ketones is 1. The lowest BCUT2D eigenvalue weighted by molar-refractivity contribution is -0.319. The largest absolute Gasteiger partial charge is 0.458 e. The second-order valence-electron chi connectivity index (χ2n) is 18.1. The Balaban J connectivity index is 1.93. The van der Waals surface area contributed by atoms with Crippen molar-refractivity contribution in [2.24, 2.45) is 29.6 Å². The van der Waals surface area contributed by atoms with Crippen LogP contribution in [0, 0.1) is 29.6 Å². The fraction of sp³-hybridized carbons (Fsp3) is 0.951. The van der Waals surface area contributed by atoms with Gasteiger partial charge in [0.05, 0.1) is 60.9 Å². The van der Waals surface area contributed by atoms with E-state index in [-0.39, 0.29) is 38.2 Å². The van der Waals surface area contributed by atoms with Crippen LogP contribution in [0.2, 0.25) is 0 Å². The summed E-state index contributed by atoms with van der Waals surface area (Å²) in [5.41, 5.74) is -4.60. The fourth-order valence-corrected chi connectivity index (χ4v) is 11.0. The summed E-state index contributed by atoms with van der Waals surface area (Å²) in [6.07, 6.45) is -10.7. The van der Waals surface area contributed by atoms with Crippen LogP contribution >= 0.6 is 7.60 Å². The van der Waals surface area contributed by atoms with Crippen LogP contribution in [-0.2, 0) is 56.4 Å². The fourth-order valence-electron chi connectivity index (χ4n) is 9.49. The number of nitrogens with zero attached hydrogens (tertiary/aromatic N) is 1. The van der Waals surface area contributed by atoms with E-state index in [4.69, 9.17) is 42.2 Å². The van der Waals surface area contributed by atoms with Crippen LogP contribution in [-0.4, -0.2) is 162 Å². The third-order valence-electron chi connectivity index (χ3n) is 13.4. The average Bonchev–Trinajstić information content (AvgIpc) is 3.70. The van der Waals surface area contributed by atoms with Crippen molar-refractivity contribution >= 4 is 19.3 Å². The minimum atomic E-state index is -3.89. The van der Waals surface area contributed by atoms with Crippen molar-refractivity contribution in [1.82, 2.24) is 4.90 Å². The van der Waals surface area contributed by atoms with E-state index in [1.165, 1.54) is 14.0 Å². The lowest BCUT2D eigenvalue weighted by atomic mass is 9.75. The highest BCUT2D eigenvalue weighted by molar-refractivity contribution is 7.53. The van der Waals surface area contributed by atoms with Gasteiger partial charge in [-0.25, -0.2) is 0 Å². The van der Waals surface area contributed by atoms with Gasteiger partial charge in [-0.15, -0.1) is 0 Å². The summed E-state index contributed by atoms with van der Waals surface area (Å²) in [5, 5.41) is 46.0. The Labute approximate surface area is 350 Å². The van der Waals surface area contributed by atoms with Crippen LogP contribution in [0.4, 0.5) is 0 Å². The molecule has 19 atom stereocenters. The second-order valence-corrected chi connectivity index (χ2v) is 20.1. The van der Waals surface area contributed by atoms with Crippen LogP contribution in [0.3, 0.4) is 0 Å². The van der Waals surface area contributed by atoms with Crippen molar-refractivity contribution in [2.75, 3.05) is 40.8 Å². The van der Waals surface area contributed by atoms with Gasteiger partial charge in [-0.2, -0.15) is 0 Å². The van der Waals surface area contributed by atoms with E-state index in [0.29, 0.717) is 6.42 Å². The van der Waals surface area contributed by atoms with Crippen molar-refractivity contribution in [3.8, 4) is 0 Å². The highest BCUT2D eigenvalue weighted by Gasteiger charge is 2.70. The lowest BCUT2D eigenvalue weighted by Crippen LogP contribution is -2.61. The first kappa shape index (κ1) is 50.5. The first-order valence-corrected chi connectivity index (χ1v) is 22.9. The number of hydrogen-bond donors (Lipinski definition) is 4. The second kappa shape index (κ2) is 19.7. The maximum absolute atomic E-state index is 14.3. The topological polar surface area (TPSA) is 218 Å². The Morgan fingerprint density at radius 3 is 2.03 bits per heavy atom. The third-order valence-corrected chi connectivity index (χ3v) is 15.1. The molecule has 0 aromatic heterocycles. The third kappa shape index (κ3) is 10.6. The number of hydrogen-bond acceptors (Lipinski definition) is 17. The Morgan fingerprint density at radius 2 is 1.47 bits per heavy atom. The molecule has 0 bridgehead atoms. The minimum absolute atomic E-state index is 0.0522. The van der Waals surface area contributed by atoms with Gasteiger partial charge in [0, 0.05) is 43.2 Å². The van der Waals surface area contributed by atoms with E-state index >= 15 is 0 Å². The monoisotopic (exact) mass is 867 g/mol. The number of likely N-dealkylation sites (N-methyl/N-ethyl adjacent to an activating group) is 1. The normalized spacial score (nSPS) is 46.7. The molecule has 1 aliphatic carbocycles. The number of carbonyl (C=O) groups excluding carboxylic acids is 2. The molecule has 4 aliphatic rings. The molecule has 4 rings (SSSR count). The summed E-state index contributed by atoms with van der Waals surface area (Å²) < 4.78 is 69.8. The summed E-state index contributed by atoms with van der Waals surface area (Å²) in [6, 6.07) is -0.376. The Bertz CT molecular complexity index is 1460. The number of aliphatic hydroxyl groups excluding tert-OH is 3. The zero-order valence-corrected chi connectivity index (χ0v) is 38.5. The zero-order chi connectivity index (χ0) is 44.6. The quantitative estimate of drug-likeness (QED) is 0.154. The molecule has 17 nitrogen and oxygen atoms in total. The minimum Gasteiger partial charge on any atom is -0.458 e. The van der Waals surface area contributed by atoms with Crippen molar-refractivity contribution in [1.29, 1.82) is 0 Å². The Hall–Kier alpha value is -1.15. The van der Waals surface area contributed by atoms with Crippen LogP contribution in [0.15, 0.2) is 0 Å². The first-order chi connectivity index (χ1) is 27.3. The van der Waals surface area contributed by atoms with E-state index < -0.39 is 127 Å². The number of fused-ring (bicyclic) bond motifs is 1. The number of methoxy groups -OCH3 is 1. The molecule has 3 aliphatic heterocycles. The highest BCUT2D eigenvalue weighted by Crippen LogP contribution is 2.53. The molecule has 0 aromatic carbocycles. The molecule has 3 heterocycles. The number of ether oxygens (including phenoxy) is 7. The van der Waals surface area contributed by atoms with Crippen LogP contribution in [0.25, 0.3) is 0 Å². The number of rotatable bonds is 13. The van der Waals surface area contributed by atoms with Crippen molar-refractivity contribution < 1.29 is 76.8 Å². The van der Waals surface area contributed by atoms with Crippen LogP contribution in [0.1, 0.15) is 95.4 Å². The maximum Gasteiger partial charge on any atom is 0.356 e. The zero-order valence-electron chi connectivity index (χ0n) is 37.6. The smallest absolute Gasteiger partial charge is 0.356 e. The van der Waals surface area contributed by atoms with Gasteiger partial charge < -0.3 is 67.5 Å². The van der Waals surface area contributed by atoms with Gasteiger partial charge in [0.1, 0.15) is 36.0 Å². The molecule has 4 fully saturated rings. The molecule has 344 valence electrons. The molecule has 59 heavy (non-hydrogen) atoms. The average molecular weight is 868 g/mol. The summed E-state index contributed by atoms with van der Waals surface area (Å²) >= 11 is 0. The van der Waals surface area contributed by atoms with E-state index in [1.807, 2.05) is 25.9 Å². The standard InChI is InChI=1S/C41H74NO16P/c1-15-52-59(49,53-16-2)20-51-40(11)18-21(3)30(43)23(5)33(45)41(48)26(8)36(41)57-37(47)25(7)32(56-29-19-39(10,50-14)34(46)27(9)55-29)24(6)35(40)58-38-31(44)28(42(12)13)17-22(4)54-38/h21-29,31-36,38,44-46,48H,15-20H2,1-14H3/t21-,22-,23+,24+,25-,26?,27+,28+,29+,31-,32+,33-,34+,35-,36-,38+,39-,40+,41+/m1/s1. The van der Waals surface area contributed by atoms with E-state index in [0.717, 1.165) is 0 Å². The molecule has 0 radical (unpaired) electrons. The van der Waals surface area contributed by atoms with Gasteiger partial charge in [0.2, 0.25) is 0 Å². The molecule has 1 unspecified atom stereocenters. The number of aliphatic hydroxyl groups is 4. The van der Waals surface area contributed by atoms with E-state index in [2.05, 4.69) is 0 Å². The highest BCUT2D eigenvalue weighted by atomic mass is 31.2. The Kier molecular flexibility index (Phi) is 16.9. The van der Waals surface area contributed by atoms with Crippen molar-refractivity contribution in [2.45, 2.75) is 180 Å². The molecule has 0 spiro atoms. The van der Waals surface area contributed by atoms with Crippen molar-refractivity contribution in [3.63, 3.8) is 0 Å². The predicted molar refractivity (Wildman–Crippen MR) is 214 cm³/mol. The molecule has 0 amide bonds. The van der Waals surface area contributed by atoms with Crippen LogP contribution in [0.5, 0.6) is 0 Å². The molecule has 4 N–H and O–H groups in total. The molecule has 3 saturated heterocycles. The summed E-state index contributed by atoms with van der Waals surface area (Å²) in [5.74, 6) is -5.83. The molecule has 0 aromatic rings. The van der Waals surface area contributed by atoms with Gasteiger partial charge >= 0.3 is 13.6 Å². The SMILES string of the molecule is CCOP(=O)(CO[C@@]1(C)C[C@@H](C)C(=O)[C@H](C)[C@@H](O)[C@@]2(O)C(C)[C@H]2OC(=O)[C@H](C)[C@@H](O[C@H]2C[C@@](C)(OC)[C@@H](O)[C@H](C)O2)[C@H](C)[C@H]1O[C@@H]1O[C@H](C)C[C@H](N(C)C)[C@H]1O)OCC. The maximum atomic E-state index is 14.3. The molecule has 18 heteroatoms. The molecular formula is C41H74NO16P. The summed E-state index contributed by atoms with van der Waals surface area (Å²) in [4.78, 5) is 30.5. The van der Waals surface area contributed by atoms with Gasteiger partial charge in [0.25, 0.3) is 0 Å². The van der Waals surface area contributed by atoms with Gasteiger partial charge in [-0.1, -0.05) is 27.7 Å². The first-order valence-electron chi connectivity index (χ1n) is 21.2. The van der Waals surface area contributed by atoms with Gasteiger partial charge in [0.15, 0.2) is 12.6 Å². The van der Waals surface area contributed by atoms with E-state index in [9.17, 15) is 34.6 Å².